The molecule has 10 heteroatoms. The fourth-order valence-corrected chi connectivity index (χ4v) is 5.52. The van der Waals surface area contributed by atoms with E-state index < -0.39 is 16.9 Å². The molecule has 4 aromatic rings. The van der Waals surface area contributed by atoms with E-state index in [-0.39, 0.29) is 23.4 Å². The van der Waals surface area contributed by atoms with Gasteiger partial charge in [-0.05, 0) is 41.8 Å². The van der Waals surface area contributed by atoms with E-state index in [0.29, 0.717) is 38.5 Å². The zero-order chi connectivity index (χ0) is 28.9. The molecule has 0 saturated carbocycles. The monoisotopic (exact) mass is 567 g/mol. The molecule has 9 nitrogen and oxygen atoms in total. The Labute approximate surface area is 238 Å². The van der Waals surface area contributed by atoms with Crippen molar-refractivity contribution < 1.29 is 19.2 Å². The molecule has 1 aromatic heterocycles. The molecule has 2 heterocycles. The average Bonchev–Trinajstić information content (AvgIpc) is 3.28. The lowest BCUT2D eigenvalue weighted by Gasteiger charge is -2.24. The van der Waals surface area contributed by atoms with Crippen LogP contribution in [0.25, 0.3) is 6.08 Å². The minimum Gasteiger partial charge on any atom is -0.489 e. The van der Waals surface area contributed by atoms with Crippen LogP contribution >= 0.6 is 11.3 Å². The van der Waals surface area contributed by atoms with Gasteiger partial charge >= 0.3 is 5.97 Å². The lowest BCUT2D eigenvalue weighted by atomic mass is 9.96. The Morgan fingerprint density at radius 3 is 2.59 bits per heavy atom. The van der Waals surface area contributed by atoms with E-state index in [9.17, 15) is 19.7 Å². The molecule has 0 aliphatic carbocycles. The van der Waals surface area contributed by atoms with Crippen LogP contribution in [0.3, 0.4) is 0 Å². The number of rotatable bonds is 9. The first kappa shape index (κ1) is 27.5. The van der Waals surface area contributed by atoms with Crippen molar-refractivity contribution in [2.45, 2.75) is 19.6 Å². The number of allylic oxidation sites excluding steroid dienone is 1. The van der Waals surface area contributed by atoms with Crippen molar-refractivity contribution in [3.63, 3.8) is 0 Å². The summed E-state index contributed by atoms with van der Waals surface area (Å²) in [4.78, 5) is 42.7. The number of carbonyl (C=O) groups is 1. The summed E-state index contributed by atoms with van der Waals surface area (Å²) in [5, 5.41) is 11.2. The molecule has 0 bridgehead atoms. The Bertz CT molecular complexity index is 1840. The molecule has 3 aromatic carbocycles. The molecule has 1 atom stereocenters. The van der Waals surface area contributed by atoms with Gasteiger partial charge in [0.05, 0.1) is 26.8 Å². The minimum atomic E-state index is -0.806. The predicted molar refractivity (Wildman–Crippen MR) is 155 cm³/mol. The van der Waals surface area contributed by atoms with Crippen LogP contribution in [0.2, 0.25) is 0 Å². The number of ether oxygens (including phenoxy) is 2. The summed E-state index contributed by atoms with van der Waals surface area (Å²) in [7, 11) is 0. The third kappa shape index (κ3) is 5.92. The SMILES string of the molecule is C=CCOC(=O)C1=C(C)N=c2sc(=Cc3cccc([N+](=O)[O-])c3)c(=O)n2C1c1ccc(OCc2ccccc2)cc1. The molecular weight excluding hydrogens is 542 g/mol. The normalized spacial score (nSPS) is 14.7. The highest BCUT2D eigenvalue weighted by molar-refractivity contribution is 7.07. The number of hydrogen-bond donors (Lipinski definition) is 0. The minimum absolute atomic E-state index is 0.00576. The van der Waals surface area contributed by atoms with Crippen molar-refractivity contribution in [1.82, 2.24) is 4.57 Å². The van der Waals surface area contributed by atoms with E-state index in [4.69, 9.17) is 9.47 Å². The maximum Gasteiger partial charge on any atom is 0.338 e. The van der Waals surface area contributed by atoms with Gasteiger partial charge in [-0.2, -0.15) is 0 Å². The van der Waals surface area contributed by atoms with Gasteiger partial charge in [0.25, 0.3) is 11.2 Å². The van der Waals surface area contributed by atoms with Gasteiger partial charge in [-0.25, -0.2) is 9.79 Å². The molecule has 0 saturated heterocycles. The van der Waals surface area contributed by atoms with Crippen molar-refractivity contribution in [3.05, 3.63) is 149 Å². The Balaban J connectivity index is 1.57. The van der Waals surface area contributed by atoms with E-state index in [1.54, 1.807) is 37.3 Å². The van der Waals surface area contributed by atoms with Crippen LogP contribution < -0.4 is 19.6 Å². The molecule has 0 fully saturated rings. The Hall–Kier alpha value is -5.09. The van der Waals surface area contributed by atoms with E-state index in [2.05, 4.69) is 11.6 Å². The van der Waals surface area contributed by atoms with Crippen LogP contribution in [0, 0.1) is 10.1 Å². The number of non-ortho nitro benzene ring substituents is 1. The Morgan fingerprint density at radius 2 is 1.88 bits per heavy atom. The predicted octanol–water partition coefficient (Wildman–Crippen LogP) is 4.45. The molecular formula is C31H25N3O6S. The summed E-state index contributed by atoms with van der Waals surface area (Å²) in [6.07, 6.45) is 3.05. The third-order valence-electron chi connectivity index (χ3n) is 6.40. The number of fused-ring (bicyclic) bond motifs is 1. The van der Waals surface area contributed by atoms with Gasteiger partial charge in [-0.3, -0.25) is 19.5 Å². The number of aromatic nitrogens is 1. The number of nitro benzene ring substituents is 1. The fraction of sp³-hybridized carbons (Fsp3) is 0.129. The van der Waals surface area contributed by atoms with Crippen LogP contribution in [-0.4, -0.2) is 22.1 Å². The van der Waals surface area contributed by atoms with E-state index in [1.807, 2.05) is 42.5 Å². The van der Waals surface area contributed by atoms with Gasteiger partial charge in [-0.15, -0.1) is 0 Å². The second kappa shape index (κ2) is 12.0. The molecule has 5 rings (SSSR count). The van der Waals surface area contributed by atoms with Crippen molar-refractivity contribution in [3.8, 4) is 5.75 Å². The van der Waals surface area contributed by atoms with Gasteiger partial charge in [0.2, 0.25) is 0 Å². The van der Waals surface area contributed by atoms with Crippen molar-refractivity contribution in [1.29, 1.82) is 0 Å². The quantitative estimate of drug-likeness (QED) is 0.128. The number of hydrogen-bond acceptors (Lipinski definition) is 8. The first-order valence-electron chi connectivity index (χ1n) is 12.7. The molecule has 1 aliphatic heterocycles. The zero-order valence-corrected chi connectivity index (χ0v) is 22.9. The Morgan fingerprint density at radius 1 is 1.12 bits per heavy atom. The average molecular weight is 568 g/mol. The van der Waals surface area contributed by atoms with Gasteiger partial charge in [0.15, 0.2) is 4.80 Å². The summed E-state index contributed by atoms with van der Waals surface area (Å²) in [5.74, 6) is 0.0284. The van der Waals surface area contributed by atoms with E-state index >= 15 is 0 Å². The Kier molecular flexibility index (Phi) is 8.02. The highest BCUT2D eigenvalue weighted by Gasteiger charge is 2.33. The number of nitrogens with zero attached hydrogens (tertiary/aromatic N) is 3. The van der Waals surface area contributed by atoms with Gasteiger partial charge in [0, 0.05) is 12.1 Å². The van der Waals surface area contributed by atoms with Crippen LogP contribution in [0.15, 0.2) is 113 Å². The van der Waals surface area contributed by atoms with Crippen molar-refractivity contribution >= 4 is 29.1 Å². The topological polar surface area (TPSA) is 113 Å². The standard InChI is InChI=1S/C31H25N3O6S/c1-3-16-39-30(36)27-20(2)32-31-33(29(35)26(41-31)18-22-10-7-11-24(17-22)34(37)38)28(27)23-12-14-25(15-13-23)40-19-21-8-5-4-6-9-21/h3-15,17-18,28H,1,16,19H2,2H3. The van der Waals surface area contributed by atoms with Crippen molar-refractivity contribution in [2.75, 3.05) is 6.61 Å². The van der Waals surface area contributed by atoms with Crippen LogP contribution in [0.1, 0.15) is 29.7 Å². The number of nitro groups is 1. The summed E-state index contributed by atoms with van der Waals surface area (Å²) >= 11 is 1.14. The van der Waals surface area contributed by atoms with Gasteiger partial charge in [-0.1, -0.05) is 78.6 Å². The van der Waals surface area contributed by atoms with Gasteiger partial charge in [0.1, 0.15) is 19.0 Å². The molecule has 206 valence electrons. The fourth-order valence-electron chi connectivity index (χ4n) is 4.48. The highest BCUT2D eigenvalue weighted by Crippen LogP contribution is 2.32. The first-order valence-corrected chi connectivity index (χ1v) is 13.5. The second-order valence-corrected chi connectivity index (χ2v) is 10.2. The third-order valence-corrected chi connectivity index (χ3v) is 7.38. The molecule has 1 unspecified atom stereocenters. The number of esters is 1. The number of benzene rings is 3. The van der Waals surface area contributed by atoms with Crippen LogP contribution in [0.5, 0.6) is 5.75 Å². The molecule has 0 radical (unpaired) electrons. The van der Waals surface area contributed by atoms with Gasteiger partial charge < -0.3 is 9.47 Å². The molecule has 1 aliphatic rings. The molecule has 0 N–H and O–H groups in total. The largest absolute Gasteiger partial charge is 0.489 e. The molecule has 0 spiro atoms. The van der Waals surface area contributed by atoms with E-state index in [1.165, 1.54) is 22.8 Å². The van der Waals surface area contributed by atoms with Crippen LogP contribution in [-0.2, 0) is 16.1 Å². The molecule has 41 heavy (non-hydrogen) atoms. The highest BCUT2D eigenvalue weighted by atomic mass is 32.1. The van der Waals surface area contributed by atoms with Crippen LogP contribution in [0.4, 0.5) is 5.69 Å². The first-order chi connectivity index (χ1) is 19.9. The maximum atomic E-state index is 13.8. The lowest BCUT2D eigenvalue weighted by Crippen LogP contribution is -2.39. The zero-order valence-electron chi connectivity index (χ0n) is 22.1. The lowest BCUT2D eigenvalue weighted by molar-refractivity contribution is -0.384. The summed E-state index contributed by atoms with van der Waals surface area (Å²) < 4.78 is 13.1. The number of carbonyl (C=O) groups excluding carboxylic acids is 1. The second-order valence-electron chi connectivity index (χ2n) is 9.16. The van der Waals surface area contributed by atoms with E-state index in [0.717, 1.165) is 16.9 Å². The summed E-state index contributed by atoms with van der Waals surface area (Å²) in [6.45, 7) is 5.70. The van der Waals surface area contributed by atoms with Crippen molar-refractivity contribution in [2.24, 2.45) is 4.99 Å². The summed E-state index contributed by atoms with van der Waals surface area (Å²) in [5.41, 5.74) is 2.40. The maximum absolute atomic E-state index is 13.8. The smallest absolute Gasteiger partial charge is 0.338 e. The summed E-state index contributed by atoms with van der Waals surface area (Å²) in [6, 6.07) is 22.2. The number of thiazole rings is 1. The molecule has 0 amide bonds.